The van der Waals surface area contributed by atoms with E-state index in [2.05, 4.69) is 4.99 Å². The Kier molecular flexibility index (Phi) is 5.86. The highest BCUT2D eigenvalue weighted by molar-refractivity contribution is 6.31. The topological polar surface area (TPSA) is 128 Å². The molecule has 0 spiro atoms. The first-order chi connectivity index (χ1) is 8.54. The van der Waals surface area contributed by atoms with Crippen LogP contribution in [0.2, 0.25) is 5.02 Å². The van der Waals surface area contributed by atoms with E-state index in [1.165, 1.54) is 6.07 Å². The zero-order valence-electron chi connectivity index (χ0n) is 9.06. The predicted octanol–water partition coefficient (Wildman–Crippen LogP) is 1.92. The summed E-state index contributed by atoms with van der Waals surface area (Å²) in [5.74, 6) is -0.314. The Morgan fingerprint density at radius 2 is 1.89 bits per heavy atom. The van der Waals surface area contributed by atoms with Gasteiger partial charge in [-0.15, -0.1) is 10.1 Å². The molecule has 0 bridgehead atoms. The van der Waals surface area contributed by atoms with Crippen molar-refractivity contribution in [3.63, 3.8) is 0 Å². The summed E-state index contributed by atoms with van der Waals surface area (Å²) in [6.07, 6.45) is -4.52. The molecule has 0 aliphatic carbocycles. The number of nitrogens with two attached hydrogens (primary N) is 2. The smallest absolute Gasteiger partial charge is 0.370 e. The van der Waals surface area contributed by atoms with Crippen molar-refractivity contribution in [3.8, 4) is 0 Å². The Balaban J connectivity index is 0.000000711. The Labute approximate surface area is 109 Å². The average Bonchev–Trinajstić information content (AvgIpc) is 2.17. The van der Waals surface area contributed by atoms with E-state index >= 15 is 0 Å². The molecule has 19 heavy (non-hydrogen) atoms. The number of nitrogens with zero attached hydrogens (tertiary/aromatic N) is 2. The van der Waals surface area contributed by atoms with E-state index in [0.29, 0.717) is 0 Å². The highest BCUT2D eigenvalue weighted by Gasteiger charge is 2.33. The second-order valence-electron chi connectivity index (χ2n) is 2.94. The van der Waals surface area contributed by atoms with Gasteiger partial charge in [-0.05, 0) is 18.2 Å². The van der Waals surface area contributed by atoms with Crippen LogP contribution in [0.5, 0.6) is 0 Å². The predicted molar refractivity (Wildman–Crippen MR) is 60.7 cm³/mol. The molecule has 0 amide bonds. The molecular formula is C8H8ClF3N4O3. The molecule has 0 heterocycles. The summed E-state index contributed by atoms with van der Waals surface area (Å²) in [5.41, 5.74) is 9.11. The van der Waals surface area contributed by atoms with Gasteiger partial charge < -0.3 is 16.7 Å². The van der Waals surface area contributed by atoms with Gasteiger partial charge in [0, 0.05) is 0 Å². The first kappa shape index (κ1) is 16.8. The summed E-state index contributed by atoms with van der Waals surface area (Å²) in [4.78, 5) is 11.8. The second kappa shape index (κ2) is 6.64. The molecular weight excluding hydrogens is 293 g/mol. The van der Waals surface area contributed by atoms with E-state index in [4.69, 9.17) is 38.4 Å². The summed E-state index contributed by atoms with van der Waals surface area (Å²) in [7, 11) is 0. The lowest BCUT2D eigenvalue weighted by Crippen LogP contribution is -2.21. The molecule has 5 N–H and O–H groups in total. The molecule has 0 atom stereocenters. The van der Waals surface area contributed by atoms with Gasteiger partial charge in [0.2, 0.25) is 0 Å². The van der Waals surface area contributed by atoms with Gasteiger partial charge in [-0.2, -0.15) is 13.2 Å². The highest BCUT2D eigenvalue weighted by Crippen LogP contribution is 2.36. The molecule has 106 valence electrons. The van der Waals surface area contributed by atoms with Crippen molar-refractivity contribution in [1.29, 1.82) is 0 Å². The summed E-state index contributed by atoms with van der Waals surface area (Å²) in [6.45, 7) is 0. The third-order valence-corrected chi connectivity index (χ3v) is 1.84. The fourth-order valence-corrected chi connectivity index (χ4v) is 1.17. The van der Waals surface area contributed by atoms with E-state index in [1.54, 1.807) is 0 Å². The van der Waals surface area contributed by atoms with Crippen LogP contribution in [0, 0.1) is 10.1 Å². The first-order valence-corrected chi connectivity index (χ1v) is 4.71. The van der Waals surface area contributed by atoms with Crippen molar-refractivity contribution in [2.75, 3.05) is 0 Å². The van der Waals surface area contributed by atoms with E-state index in [1.807, 2.05) is 0 Å². The zero-order chi connectivity index (χ0) is 15.2. The molecule has 11 heteroatoms. The monoisotopic (exact) mass is 300 g/mol. The lowest BCUT2D eigenvalue weighted by molar-refractivity contribution is -0.742. The molecule has 0 unspecified atom stereocenters. The summed E-state index contributed by atoms with van der Waals surface area (Å²) < 4.78 is 37.1. The van der Waals surface area contributed by atoms with Crippen LogP contribution in [0.25, 0.3) is 0 Å². The van der Waals surface area contributed by atoms with Gasteiger partial charge in [-0.3, -0.25) is 0 Å². The molecule has 1 aromatic rings. The molecule has 1 rings (SSSR count). The number of guanidine groups is 1. The van der Waals surface area contributed by atoms with Crippen LogP contribution in [0.3, 0.4) is 0 Å². The minimum Gasteiger partial charge on any atom is -0.370 e. The van der Waals surface area contributed by atoms with Gasteiger partial charge in [0.05, 0.1) is 16.3 Å². The third kappa shape index (κ3) is 6.93. The molecule has 0 aromatic heterocycles. The number of alkyl halides is 3. The summed E-state index contributed by atoms with van der Waals surface area (Å²) in [5, 5.41) is 13.2. The number of benzene rings is 1. The van der Waals surface area contributed by atoms with Crippen molar-refractivity contribution in [3.05, 3.63) is 38.9 Å². The molecule has 0 aliphatic heterocycles. The third-order valence-electron chi connectivity index (χ3n) is 1.51. The molecule has 0 fully saturated rings. The largest absolute Gasteiger partial charge is 0.417 e. The number of aliphatic imine (C=N–C) groups is 1. The number of hydrogen-bond donors (Lipinski definition) is 3. The highest BCUT2D eigenvalue weighted by atomic mass is 35.5. The molecule has 0 radical (unpaired) electrons. The van der Waals surface area contributed by atoms with Crippen LogP contribution in [-0.4, -0.2) is 16.3 Å². The van der Waals surface area contributed by atoms with E-state index in [-0.39, 0.29) is 11.6 Å². The standard InChI is InChI=1S/C8H7ClF3N3.HNO3/c9-6-2-1-4(15-7(13)14)3-5(6)8(10,11)12;2-1(3)4/h1-3H,(H4,13,14,15);(H,2,3,4). The quantitative estimate of drug-likeness (QED) is 0.316. The maximum atomic E-state index is 12.4. The summed E-state index contributed by atoms with van der Waals surface area (Å²) >= 11 is 5.39. The number of hydrogen-bond acceptors (Lipinski definition) is 3. The van der Waals surface area contributed by atoms with Gasteiger partial charge in [-0.1, -0.05) is 11.6 Å². The molecule has 1 aromatic carbocycles. The molecule has 0 saturated heterocycles. The Morgan fingerprint density at radius 1 is 1.42 bits per heavy atom. The lowest BCUT2D eigenvalue weighted by atomic mass is 10.2. The SMILES string of the molecule is NC(N)=Nc1ccc(Cl)c(C(F)(F)F)c1.O=[N+]([O-])O. The van der Waals surface area contributed by atoms with Gasteiger partial charge in [0.25, 0.3) is 5.09 Å². The van der Waals surface area contributed by atoms with E-state index < -0.39 is 21.8 Å². The van der Waals surface area contributed by atoms with Crippen LogP contribution in [0.15, 0.2) is 23.2 Å². The maximum Gasteiger partial charge on any atom is 0.417 e. The number of halogens is 4. The normalized spacial score (nSPS) is 10.1. The second-order valence-corrected chi connectivity index (χ2v) is 3.34. The van der Waals surface area contributed by atoms with Crippen LogP contribution in [-0.2, 0) is 6.18 Å². The van der Waals surface area contributed by atoms with Crippen molar-refractivity contribution in [1.82, 2.24) is 0 Å². The Bertz CT molecular complexity index is 485. The first-order valence-electron chi connectivity index (χ1n) is 4.33. The molecule has 0 aliphatic rings. The van der Waals surface area contributed by atoms with Crippen molar-refractivity contribution >= 4 is 23.2 Å². The van der Waals surface area contributed by atoms with Crippen LogP contribution >= 0.6 is 11.6 Å². The van der Waals surface area contributed by atoms with E-state index in [9.17, 15) is 13.2 Å². The maximum absolute atomic E-state index is 12.4. The Morgan fingerprint density at radius 3 is 2.26 bits per heavy atom. The van der Waals surface area contributed by atoms with Gasteiger partial charge in [0.1, 0.15) is 0 Å². The van der Waals surface area contributed by atoms with Gasteiger partial charge in [-0.25, -0.2) is 4.99 Å². The fourth-order valence-electron chi connectivity index (χ4n) is 0.949. The van der Waals surface area contributed by atoms with Gasteiger partial charge >= 0.3 is 6.18 Å². The minimum atomic E-state index is -4.52. The minimum absolute atomic E-state index is 0.00623. The lowest BCUT2D eigenvalue weighted by Gasteiger charge is -2.09. The Hall–Kier alpha value is -2.23. The molecule has 0 saturated carbocycles. The molecule has 7 nitrogen and oxygen atoms in total. The zero-order valence-corrected chi connectivity index (χ0v) is 9.81. The van der Waals surface area contributed by atoms with Crippen LogP contribution in [0.4, 0.5) is 18.9 Å². The van der Waals surface area contributed by atoms with Crippen molar-refractivity contribution in [2.24, 2.45) is 16.5 Å². The van der Waals surface area contributed by atoms with Crippen molar-refractivity contribution in [2.45, 2.75) is 6.18 Å². The van der Waals surface area contributed by atoms with Crippen LogP contribution in [0.1, 0.15) is 5.56 Å². The summed E-state index contributed by atoms with van der Waals surface area (Å²) in [6, 6.07) is 3.16. The van der Waals surface area contributed by atoms with E-state index in [0.717, 1.165) is 12.1 Å². The van der Waals surface area contributed by atoms with Crippen LogP contribution < -0.4 is 11.5 Å². The number of rotatable bonds is 1. The van der Waals surface area contributed by atoms with Crippen molar-refractivity contribution < 1.29 is 23.5 Å². The fraction of sp³-hybridized carbons (Fsp3) is 0.125. The average molecular weight is 301 g/mol. The van der Waals surface area contributed by atoms with Gasteiger partial charge in [0.15, 0.2) is 5.96 Å².